The molecule has 14 heavy (non-hydrogen) atoms. The molecule has 0 atom stereocenters. The van der Waals surface area contributed by atoms with E-state index in [9.17, 15) is 0 Å². The largest absolute Gasteiger partial charge is 0.398 e. The van der Waals surface area contributed by atoms with Crippen LogP contribution in [0.3, 0.4) is 0 Å². The van der Waals surface area contributed by atoms with E-state index in [1.807, 2.05) is 13.0 Å². The van der Waals surface area contributed by atoms with Gasteiger partial charge in [0.15, 0.2) is 0 Å². The van der Waals surface area contributed by atoms with Gasteiger partial charge in [-0.2, -0.15) is 0 Å². The molecule has 0 fully saturated rings. The Hall–Kier alpha value is -1.44. The van der Waals surface area contributed by atoms with Gasteiger partial charge in [-0.15, -0.1) is 0 Å². The Kier molecular flexibility index (Phi) is 1.65. The van der Waals surface area contributed by atoms with Gasteiger partial charge in [-0.3, -0.25) is 0 Å². The number of anilines is 2. The predicted molar refractivity (Wildman–Crippen MR) is 62.1 cm³/mol. The van der Waals surface area contributed by atoms with Crippen molar-refractivity contribution in [2.75, 3.05) is 11.5 Å². The van der Waals surface area contributed by atoms with Crippen molar-refractivity contribution in [1.29, 1.82) is 0 Å². The first-order valence-corrected chi connectivity index (χ1v) is 4.82. The lowest BCUT2D eigenvalue weighted by molar-refractivity contribution is 0.685. The monoisotopic (exact) mass is 188 g/mol. The number of hydrogen-bond donors (Lipinski definition) is 2. The number of hydrogen-bond acceptors (Lipinski definition) is 2. The highest BCUT2D eigenvalue weighted by molar-refractivity contribution is 5.79. The lowest BCUT2D eigenvalue weighted by Gasteiger charge is -2.21. The predicted octanol–water partition coefficient (Wildman–Crippen LogP) is 2.46. The smallest absolute Gasteiger partial charge is 0.0382 e. The first-order valence-electron chi connectivity index (χ1n) is 4.82. The number of allylic oxidation sites excluding steroid dienone is 1. The molecule has 1 aromatic rings. The minimum absolute atomic E-state index is 0.0396. The number of fused-ring (bicyclic) bond motifs is 1. The second kappa shape index (κ2) is 2.53. The summed E-state index contributed by atoms with van der Waals surface area (Å²) in [5.41, 5.74) is 17.0. The molecule has 0 amide bonds. The molecule has 0 radical (unpaired) electrons. The minimum Gasteiger partial charge on any atom is -0.398 e. The van der Waals surface area contributed by atoms with Gasteiger partial charge in [-0.25, -0.2) is 0 Å². The van der Waals surface area contributed by atoms with Gasteiger partial charge in [-0.05, 0) is 29.7 Å². The molecule has 2 rings (SSSR count). The van der Waals surface area contributed by atoms with Gasteiger partial charge in [0.25, 0.3) is 0 Å². The summed E-state index contributed by atoms with van der Waals surface area (Å²) in [5, 5.41) is 0. The molecule has 0 aliphatic heterocycles. The van der Waals surface area contributed by atoms with Crippen LogP contribution in [0.2, 0.25) is 0 Å². The number of nitrogen functional groups attached to an aromatic ring is 2. The van der Waals surface area contributed by atoms with Crippen molar-refractivity contribution in [3.8, 4) is 0 Å². The van der Waals surface area contributed by atoms with Crippen molar-refractivity contribution < 1.29 is 0 Å². The molecule has 0 unspecified atom stereocenters. The maximum absolute atomic E-state index is 6.00. The fraction of sp³-hybridized carbons (Fsp3) is 0.333. The molecule has 0 aromatic heterocycles. The number of benzene rings is 1. The summed E-state index contributed by atoms with van der Waals surface area (Å²) in [6.45, 7) is 6.38. The minimum atomic E-state index is 0.0396. The van der Waals surface area contributed by atoms with Gasteiger partial charge in [0.2, 0.25) is 0 Å². The first kappa shape index (κ1) is 9.13. The van der Waals surface area contributed by atoms with Crippen LogP contribution in [0.5, 0.6) is 0 Å². The molecule has 2 heteroatoms. The topological polar surface area (TPSA) is 52.0 Å². The molecule has 1 aliphatic carbocycles. The normalized spacial score (nSPS) is 17.1. The lowest BCUT2D eigenvalue weighted by atomic mass is 9.84. The summed E-state index contributed by atoms with van der Waals surface area (Å²) in [5.74, 6) is 0. The van der Waals surface area contributed by atoms with Crippen LogP contribution < -0.4 is 11.5 Å². The summed E-state index contributed by atoms with van der Waals surface area (Å²) in [6, 6.07) is 1.86. The molecule has 0 heterocycles. The Labute approximate surface area is 84.6 Å². The van der Waals surface area contributed by atoms with Crippen molar-refractivity contribution in [2.24, 2.45) is 0 Å². The molecular weight excluding hydrogens is 172 g/mol. The Bertz CT molecular complexity index is 428. The molecular formula is C12H16N2. The quantitative estimate of drug-likeness (QED) is 0.614. The van der Waals surface area contributed by atoms with E-state index >= 15 is 0 Å². The third kappa shape index (κ3) is 1.03. The fourth-order valence-electron chi connectivity index (χ4n) is 2.15. The zero-order valence-corrected chi connectivity index (χ0v) is 8.89. The molecule has 74 valence electrons. The Morgan fingerprint density at radius 2 is 1.79 bits per heavy atom. The highest BCUT2D eigenvalue weighted by atomic mass is 14.6. The molecule has 0 spiro atoms. The van der Waals surface area contributed by atoms with Crippen LogP contribution in [0.25, 0.3) is 6.08 Å². The molecule has 0 saturated heterocycles. The zero-order valence-electron chi connectivity index (χ0n) is 8.89. The maximum Gasteiger partial charge on any atom is 0.0382 e. The zero-order chi connectivity index (χ0) is 10.5. The van der Waals surface area contributed by atoms with E-state index in [1.54, 1.807) is 0 Å². The summed E-state index contributed by atoms with van der Waals surface area (Å²) >= 11 is 0. The molecule has 1 aliphatic rings. The van der Waals surface area contributed by atoms with E-state index in [-0.39, 0.29) is 5.41 Å². The second-order valence-corrected chi connectivity index (χ2v) is 4.52. The van der Waals surface area contributed by atoms with Crippen LogP contribution in [0.4, 0.5) is 11.4 Å². The Balaban J connectivity index is 2.79. The van der Waals surface area contributed by atoms with Crippen LogP contribution >= 0.6 is 0 Å². The maximum atomic E-state index is 6.00. The van der Waals surface area contributed by atoms with Crippen LogP contribution in [0, 0.1) is 6.92 Å². The van der Waals surface area contributed by atoms with Gasteiger partial charge in [0.1, 0.15) is 0 Å². The van der Waals surface area contributed by atoms with Crippen molar-refractivity contribution in [1.82, 2.24) is 0 Å². The van der Waals surface area contributed by atoms with Crippen molar-refractivity contribution in [3.63, 3.8) is 0 Å². The highest BCUT2D eigenvalue weighted by Gasteiger charge is 2.28. The van der Waals surface area contributed by atoms with Gasteiger partial charge in [0.05, 0.1) is 0 Å². The Morgan fingerprint density at radius 1 is 1.14 bits per heavy atom. The van der Waals surface area contributed by atoms with Crippen LogP contribution in [-0.2, 0) is 5.41 Å². The number of rotatable bonds is 0. The molecule has 0 saturated carbocycles. The van der Waals surface area contributed by atoms with Gasteiger partial charge >= 0.3 is 0 Å². The van der Waals surface area contributed by atoms with E-state index in [0.29, 0.717) is 0 Å². The van der Waals surface area contributed by atoms with Crippen molar-refractivity contribution >= 4 is 17.5 Å². The summed E-state index contributed by atoms with van der Waals surface area (Å²) in [7, 11) is 0. The SMILES string of the molecule is Cc1c(N)cc(N)c2c1C=CC2(C)C. The molecule has 1 aromatic carbocycles. The van der Waals surface area contributed by atoms with Crippen molar-refractivity contribution in [3.05, 3.63) is 28.8 Å². The van der Waals surface area contributed by atoms with E-state index in [0.717, 1.165) is 16.9 Å². The standard InChI is InChI=1S/C12H16N2/c1-7-8-4-5-12(2,3)11(8)10(14)6-9(7)13/h4-6H,13-14H2,1-3H3. The van der Waals surface area contributed by atoms with Crippen LogP contribution in [-0.4, -0.2) is 0 Å². The summed E-state index contributed by atoms with van der Waals surface area (Å²) in [6.07, 6.45) is 4.30. The summed E-state index contributed by atoms with van der Waals surface area (Å²) < 4.78 is 0. The number of nitrogens with two attached hydrogens (primary N) is 2. The van der Waals surface area contributed by atoms with Crippen LogP contribution in [0.1, 0.15) is 30.5 Å². The van der Waals surface area contributed by atoms with Gasteiger partial charge in [-0.1, -0.05) is 26.0 Å². The average molecular weight is 188 g/mol. The van der Waals surface area contributed by atoms with E-state index < -0.39 is 0 Å². The fourth-order valence-corrected chi connectivity index (χ4v) is 2.15. The van der Waals surface area contributed by atoms with Gasteiger partial charge < -0.3 is 11.5 Å². The molecule has 2 nitrogen and oxygen atoms in total. The average Bonchev–Trinajstić information content (AvgIpc) is 2.38. The van der Waals surface area contributed by atoms with Crippen molar-refractivity contribution in [2.45, 2.75) is 26.2 Å². The van der Waals surface area contributed by atoms with E-state index in [1.165, 1.54) is 11.1 Å². The third-order valence-electron chi connectivity index (χ3n) is 3.02. The summed E-state index contributed by atoms with van der Waals surface area (Å²) in [4.78, 5) is 0. The van der Waals surface area contributed by atoms with Gasteiger partial charge in [0, 0.05) is 16.8 Å². The van der Waals surface area contributed by atoms with E-state index in [4.69, 9.17) is 11.5 Å². The first-order chi connectivity index (χ1) is 6.43. The van der Waals surface area contributed by atoms with E-state index in [2.05, 4.69) is 26.0 Å². The lowest BCUT2D eigenvalue weighted by Crippen LogP contribution is -2.14. The molecule has 4 N–H and O–H groups in total. The molecule has 0 bridgehead atoms. The second-order valence-electron chi connectivity index (χ2n) is 4.52. The van der Waals surface area contributed by atoms with Crippen LogP contribution in [0.15, 0.2) is 12.1 Å². The Morgan fingerprint density at radius 3 is 2.43 bits per heavy atom. The third-order valence-corrected chi connectivity index (χ3v) is 3.02. The highest BCUT2D eigenvalue weighted by Crippen LogP contribution is 2.42.